The van der Waals surface area contributed by atoms with Gasteiger partial charge in [-0.1, -0.05) is 17.7 Å². The Bertz CT molecular complexity index is 107. The second-order valence-corrected chi connectivity index (χ2v) is 3.13. The summed E-state index contributed by atoms with van der Waals surface area (Å²) in [7, 11) is 0. The summed E-state index contributed by atoms with van der Waals surface area (Å²) in [6, 6.07) is 0. The molecule has 0 radical (unpaired) electrons. The molecule has 0 fully saturated rings. The van der Waals surface area contributed by atoms with Gasteiger partial charge in [0.1, 0.15) is 0 Å². The van der Waals surface area contributed by atoms with E-state index in [0.29, 0.717) is 0 Å². The van der Waals surface area contributed by atoms with Gasteiger partial charge in [0, 0.05) is 10.4 Å². The molecule has 1 unspecified atom stereocenters. The Morgan fingerprint density at radius 2 is 2.38 bits per heavy atom. The minimum absolute atomic E-state index is 0.285. The van der Waals surface area contributed by atoms with E-state index >= 15 is 0 Å². The van der Waals surface area contributed by atoms with Crippen LogP contribution in [-0.4, -0.2) is 5.38 Å². The molecular weight excluding hydrogens is 143 g/mol. The molecule has 0 aromatic heterocycles. The summed E-state index contributed by atoms with van der Waals surface area (Å²) in [6.45, 7) is 0. The van der Waals surface area contributed by atoms with Gasteiger partial charge >= 0.3 is 0 Å². The van der Waals surface area contributed by atoms with Crippen molar-refractivity contribution in [1.82, 2.24) is 0 Å². The van der Waals surface area contributed by atoms with Crippen LogP contribution in [0.2, 0.25) is 0 Å². The number of hydrogen-bond acceptors (Lipinski definition) is 0. The summed E-state index contributed by atoms with van der Waals surface area (Å²) in [4.78, 5) is 0. The zero-order valence-corrected chi connectivity index (χ0v) is 6.04. The zero-order valence-electron chi connectivity index (χ0n) is 4.53. The number of allylic oxidation sites excluding steroid dienone is 2. The second kappa shape index (κ2) is 2.75. The van der Waals surface area contributed by atoms with Gasteiger partial charge in [-0.25, -0.2) is 0 Å². The van der Waals surface area contributed by atoms with E-state index in [4.69, 9.17) is 23.2 Å². The summed E-state index contributed by atoms with van der Waals surface area (Å²) in [5, 5.41) is 1.21. The van der Waals surface area contributed by atoms with Crippen LogP contribution < -0.4 is 0 Å². The largest absolute Gasteiger partial charge is 0.123 e. The molecule has 0 aliphatic heterocycles. The SMILES string of the molecule is ClC1=CCCC(Cl)C1. The van der Waals surface area contributed by atoms with E-state index in [-0.39, 0.29) is 5.38 Å². The van der Waals surface area contributed by atoms with E-state index in [1.54, 1.807) is 0 Å². The van der Waals surface area contributed by atoms with Crippen molar-refractivity contribution in [2.45, 2.75) is 24.6 Å². The molecule has 0 saturated heterocycles. The van der Waals surface area contributed by atoms with Gasteiger partial charge in [-0.3, -0.25) is 0 Å². The first kappa shape index (κ1) is 6.44. The Morgan fingerprint density at radius 3 is 2.75 bits per heavy atom. The van der Waals surface area contributed by atoms with E-state index in [1.165, 1.54) is 0 Å². The standard InChI is InChI=1S/C6H8Cl2/c7-5-2-1-3-6(8)4-5/h2,6H,1,3-4H2. The molecule has 0 amide bonds. The Balaban J connectivity index is 2.45. The average Bonchev–Trinajstić information content (AvgIpc) is 1.64. The van der Waals surface area contributed by atoms with Crippen molar-refractivity contribution < 1.29 is 0 Å². The molecule has 0 N–H and O–H groups in total. The lowest BCUT2D eigenvalue weighted by molar-refractivity contribution is 0.731. The predicted molar refractivity (Wildman–Crippen MR) is 37.4 cm³/mol. The predicted octanol–water partition coefficient (Wildman–Crippen LogP) is 2.90. The van der Waals surface area contributed by atoms with E-state index in [0.717, 1.165) is 24.3 Å². The Kier molecular flexibility index (Phi) is 2.21. The molecule has 2 heteroatoms. The highest BCUT2D eigenvalue weighted by atomic mass is 35.5. The summed E-state index contributed by atoms with van der Waals surface area (Å²) in [6.07, 6.45) is 5.04. The maximum atomic E-state index is 5.79. The zero-order chi connectivity index (χ0) is 5.98. The van der Waals surface area contributed by atoms with Crippen molar-refractivity contribution in [2.75, 3.05) is 0 Å². The van der Waals surface area contributed by atoms with E-state index in [1.807, 2.05) is 6.08 Å². The normalized spacial score (nSPS) is 29.8. The Hall–Kier alpha value is 0.320. The summed E-state index contributed by atoms with van der Waals surface area (Å²) in [5.74, 6) is 0. The minimum Gasteiger partial charge on any atom is -0.123 e. The molecule has 0 spiro atoms. The van der Waals surface area contributed by atoms with Gasteiger partial charge in [-0.05, 0) is 19.3 Å². The Labute approximate surface area is 59.5 Å². The molecule has 0 bridgehead atoms. The fourth-order valence-electron chi connectivity index (χ4n) is 0.818. The molecule has 46 valence electrons. The van der Waals surface area contributed by atoms with Crippen LogP contribution in [0, 0.1) is 0 Å². The van der Waals surface area contributed by atoms with Crippen LogP contribution in [0.1, 0.15) is 19.3 Å². The smallest absolute Gasteiger partial charge is 0.0387 e. The first-order valence-electron chi connectivity index (χ1n) is 2.77. The number of rotatable bonds is 0. The lowest BCUT2D eigenvalue weighted by Crippen LogP contribution is -2.01. The summed E-state index contributed by atoms with van der Waals surface area (Å²) in [5.41, 5.74) is 0. The first-order chi connectivity index (χ1) is 3.79. The van der Waals surface area contributed by atoms with Crippen LogP contribution in [0.15, 0.2) is 11.1 Å². The van der Waals surface area contributed by atoms with E-state index < -0.39 is 0 Å². The van der Waals surface area contributed by atoms with Crippen molar-refractivity contribution in [2.24, 2.45) is 0 Å². The average molecular weight is 151 g/mol. The van der Waals surface area contributed by atoms with E-state index in [2.05, 4.69) is 0 Å². The van der Waals surface area contributed by atoms with Gasteiger partial charge in [-0.15, -0.1) is 11.6 Å². The molecule has 1 aliphatic carbocycles. The highest BCUT2D eigenvalue weighted by molar-refractivity contribution is 6.30. The molecule has 0 nitrogen and oxygen atoms in total. The third-order valence-corrected chi connectivity index (χ3v) is 1.94. The van der Waals surface area contributed by atoms with Gasteiger partial charge < -0.3 is 0 Å². The van der Waals surface area contributed by atoms with Gasteiger partial charge in [-0.2, -0.15) is 0 Å². The molecule has 0 heterocycles. The molecular formula is C6H8Cl2. The molecule has 1 aliphatic rings. The van der Waals surface area contributed by atoms with Gasteiger partial charge in [0.2, 0.25) is 0 Å². The van der Waals surface area contributed by atoms with Crippen molar-refractivity contribution in [3.05, 3.63) is 11.1 Å². The third kappa shape index (κ3) is 1.68. The van der Waals surface area contributed by atoms with Crippen LogP contribution in [-0.2, 0) is 0 Å². The van der Waals surface area contributed by atoms with Gasteiger partial charge in [0.15, 0.2) is 0 Å². The Morgan fingerprint density at radius 1 is 1.62 bits per heavy atom. The maximum Gasteiger partial charge on any atom is 0.0387 e. The molecule has 1 rings (SSSR count). The number of halogens is 2. The maximum absolute atomic E-state index is 5.79. The van der Waals surface area contributed by atoms with Crippen molar-refractivity contribution in [3.8, 4) is 0 Å². The van der Waals surface area contributed by atoms with Gasteiger partial charge in [0.25, 0.3) is 0 Å². The third-order valence-electron chi connectivity index (χ3n) is 1.26. The van der Waals surface area contributed by atoms with Crippen molar-refractivity contribution >= 4 is 23.2 Å². The van der Waals surface area contributed by atoms with Crippen LogP contribution in [0.3, 0.4) is 0 Å². The minimum atomic E-state index is 0.285. The highest BCUT2D eigenvalue weighted by Gasteiger charge is 2.09. The summed E-state index contributed by atoms with van der Waals surface area (Å²) < 4.78 is 0. The molecule has 0 aromatic carbocycles. The fourth-order valence-corrected chi connectivity index (χ4v) is 1.48. The molecule has 0 aromatic rings. The van der Waals surface area contributed by atoms with Gasteiger partial charge in [0.05, 0.1) is 0 Å². The van der Waals surface area contributed by atoms with Crippen molar-refractivity contribution in [1.29, 1.82) is 0 Å². The second-order valence-electron chi connectivity index (χ2n) is 2.03. The van der Waals surface area contributed by atoms with Crippen LogP contribution in [0.25, 0.3) is 0 Å². The van der Waals surface area contributed by atoms with Crippen LogP contribution in [0.5, 0.6) is 0 Å². The monoisotopic (exact) mass is 150 g/mol. The number of hydrogen-bond donors (Lipinski definition) is 0. The quantitative estimate of drug-likeness (QED) is 0.467. The van der Waals surface area contributed by atoms with Crippen LogP contribution >= 0.6 is 23.2 Å². The van der Waals surface area contributed by atoms with Crippen molar-refractivity contribution in [3.63, 3.8) is 0 Å². The van der Waals surface area contributed by atoms with E-state index in [9.17, 15) is 0 Å². The molecule has 0 saturated carbocycles. The van der Waals surface area contributed by atoms with Crippen LogP contribution in [0.4, 0.5) is 0 Å². The summed E-state index contributed by atoms with van der Waals surface area (Å²) >= 11 is 11.5. The molecule has 8 heavy (non-hydrogen) atoms. The molecule has 1 atom stereocenters. The lowest BCUT2D eigenvalue weighted by Gasteiger charge is -2.11. The first-order valence-corrected chi connectivity index (χ1v) is 3.59. The fraction of sp³-hybridized carbons (Fsp3) is 0.667. The lowest BCUT2D eigenvalue weighted by atomic mass is 10.1. The number of alkyl halides is 1. The highest BCUT2D eigenvalue weighted by Crippen LogP contribution is 2.24. The topological polar surface area (TPSA) is 0 Å².